The number of aliphatic hydroxyl groups is 1. The van der Waals surface area contributed by atoms with Crippen molar-refractivity contribution in [3.8, 4) is 0 Å². The van der Waals surface area contributed by atoms with Crippen LogP contribution in [-0.2, 0) is 19.1 Å². The van der Waals surface area contributed by atoms with Crippen molar-refractivity contribution in [3.05, 3.63) is 23.8 Å². The molecule has 0 aliphatic carbocycles. The third-order valence-corrected chi connectivity index (χ3v) is 6.77. The lowest BCUT2D eigenvalue weighted by atomic mass is 9.77. The zero-order valence-electron chi connectivity index (χ0n) is 17.6. The van der Waals surface area contributed by atoms with E-state index in [4.69, 9.17) is 9.47 Å². The van der Waals surface area contributed by atoms with Crippen LogP contribution in [0.5, 0.6) is 0 Å². The van der Waals surface area contributed by atoms with Crippen LogP contribution in [0.4, 0.5) is 0 Å². The standard InChI is InChI=1S/C23H34O5/c1-6-7-16-19-11-14(3)13(2)10-18(24)21-15(4)12-23(5,28-21)9-8-17(20(16)25)22(26)27-19/h10,15-19,21,24H,3,6-9,11-12H2,1-2,4-5H3/t15-,16+,17+,18+,19+,21+,23-/m0/s1. The van der Waals surface area contributed by atoms with Crippen LogP contribution in [0.3, 0.4) is 0 Å². The summed E-state index contributed by atoms with van der Waals surface area (Å²) in [5, 5.41) is 10.7. The number of aliphatic hydroxyl groups excluding tert-OH is 1. The van der Waals surface area contributed by atoms with E-state index in [1.807, 2.05) is 20.8 Å². The Morgan fingerprint density at radius 3 is 2.75 bits per heavy atom. The van der Waals surface area contributed by atoms with Gasteiger partial charge in [-0.25, -0.2) is 0 Å². The summed E-state index contributed by atoms with van der Waals surface area (Å²) in [5.41, 5.74) is 1.19. The zero-order valence-corrected chi connectivity index (χ0v) is 17.6. The number of Topliss-reactive ketones (excluding diaryl/α,β-unsaturated/α-hetero) is 1. The maximum atomic E-state index is 13.2. The molecule has 4 bridgehead atoms. The largest absolute Gasteiger partial charge is 0.461 e. The Hall–Kier alpha value is -1.46. The first-order valence-electron chi connectivity index (χ1n) is 10.6. The Kier molecular flexibility index (Phi) is 6.16. The third-order valence-electron chi connectivity index (χ3n) is 6.77. The highest BCUT2D eigenvalue weighted by molar-refractivity contribution is 6.02. The summed E-state index contributed by atoms with van der Waals surface area (Å²) in [5.74, 6) is -1.19. The zero-order chi connectivity index (χ0) is 20.6. The van der Waals surface area contributed by atoms with Crippen molar-refractivity contribution in [1.82, 2.24) is 0 Å². The molecule has 2 fully saturated rings. The Bertz CT molecular complexity index is 680. The van der Waals surface area contributed by atoms with E-state index in [0.717, 1.165) is 24.0 Å². The first-order chi connectivity index (χ1) is 13.1. The first-order valence-corrected chi connectivity index (χ1v) is 10.6. The van der Waals surface area contributed by atoms with Crippen molar-refractivity contribution < 1.29 is 24.2 Å². The predicted molar refractivity (Wildman–Crippen MR) is 107 cm³/mol. The lowest BCUT2D eigenvalue weighted by molar-refractivity contribution is -0.172. The summed E-state index contributed by atoms with van der Waals surface area (Å²) < 4.78 is 12.0. The van der Waals surface area contributed by atoms with Gasteiger partial charge in [0.05, 0.1) is 23.7 Å². The number of ether oxygens (including phenoxy) is 2. The highest BCUT2D eigenvalue weighted by Gasteiger charge is 2.48. The highest BCUT2D eigenvalue weighted by atomic mass is 16.5. The van der Waals surface area contributed by atoms with Crippen LogP contribution in [0, 0.1) is 17.8 Å². The summed E-state index contributed by atoms with van der Waals surface area (Å²) in [7, 11) is 0. The molecule has 0 aromatic rings. The fourth-order valence-corrected chi connectivity index (χ4v) is 5.13. The molecule has 1 N–H and O–H groups in total. The van der Waals surface area contributed by atoms with Crippen LogP contribution in [0.1, 0.15) is 66.2 Å². The molecule has 0 aromatic carbocycles. The molecule has 7 atom stereocenters. The van der Waals surface area contributed by atoms with Gasteiger partial charge in [0.25, 0.3) is 0 Å². The SMILES string of the molecule is C=C1C[C@H]2OC(=O)[C@H](CC[C@@]3(C)C[C@H](C)[C@@H](O3)[C@H](O)C=C1C)C(=O)[C@@H]2CCC. The van der Waals surface area contributed by atoms with Gasteiger partial charge in [-0.3, -0.25) is 9.59 Å². The molecule has 5 heteroatoms. The fourth-order valence-electron chi connectivity index (χ4n) is 5.13. The lowest BCUT2D eigenvalue weighted by Crippen LogP contribution is -2.47. The average molecular weight is 391 g/mol. The molecule has 0 radical (unpaired) electrons. The molecule has 4 rings (SSSR count). The summed E-state index contributed by atoms with van der Waals surface area (Å²) in [6.07, 6.45) is 4.16. The fraction of sp³-hybridized carbons (Fsp3) is 0.739. The highest BCUT2D eigenvalue weighted by Crippen LogP contribution is 2.42. The third kappa shape index (κ3) is 4.11. The van der Waals surface area contributed by atoms with Crippen molar-refractivity contribution >= 4 is 11.8 Å². The Balaban J connectivity index is 1.97. The molecule has 0 spiro atoms. The van der Waals surface area contributed by atoms with Crippen molar-refractivity contribution in [2.75, 3.05) is 0 Å². The van der Waals surface area contributed by atoms with Crippen LogP contribution in [0.15, 0.2) is 23.8 Å². The summed E-state index contributed by atoms with van der Waals surface area (Å²) >= 11 is 0. The number of fused-ring (bicyclic) bond motifs is 6. The van der Waals surface area contributed by atoms with E-state index in [1.54, 1.807) is 6.08 Å². The minimum Gasteiger partial charge on any atom is -0.461 e. The summed E-state index contributed by atoms with van der Waals surface area (Å²) in [6.45, 7) is 12.2. The van der Waals surface area contributed by atoms with E-state index in [2.05, 4.69) is 13.5 Å². The molecular formula is C23H34O5. The number of ketones is 1. The number of hydrogen-bond donors (Lipinski definition) is 1. The van der Waals surface area contributed by atoms with E-state index in [9.17, 15) is 14.7 Å². The van der Waals surface area contributed by atoms with Crippen molar-refractivity contribution in [1.29, 1.82) is 0 Å². The number of carbonyl (C=O) groups excluding carboxylic acids is 2. The topological polar surface area (TPSA) is 72.8 Å². The van der Waals surface area contributed by atoms with Gasteiger partial charge in [-0.15, -0.1) is 0 Å². The van der Waals surface area contributed by atoms with E-state index in [0.29, 0.717) is 25.7 Å². The maximum absolute atomic E-state index is 13.2. The Morgan fingerprint density at radius 1 is 1.36 bits per heavy atom. The van der Waals surface area contributed by atoms with E-state index >= 15 is 0 Å². The summed E-state index contributed by atoms with van der Waals surface area (Å²) in [6, 6.07) is 0. The average Bonchev–Trinajstić information content (AvgIpc) is 2.92. The van der Waals surface area contributed by atoms with Gasteiger partial charge in [0.2, 0.25) is 0 Å². The van der Waals surface area contributed by atoms with Crippen LogP contribution >= 0.6 is 0 Å². The Morgan fingerprint density at radius 2 is 2.07 bits per heavy atom. The maximum Gasteiger partial charge on any atom is 0.316 e. The van der Waals surface area contributed by atoms with Gasteiger partial charge in [-0.05, 0) is 56.6 Å². The normalized spacial score (nSPS) is 42.2. The molecule has 2 saturated heterocycles. The van der Waals surface area contributed by atoms with Gasteiger partial charge in [0, 0.05) is 6.42 Å². The monoisotopic (exact) mass is 390 g/mol. The second-order valence-corrected chi connectivity index (χ2v) is 9.23. The van der Waals surface area contributed by atoms with Crippen molar-refractivity contribution in [2.24, 2.45) is 17.8 Å². The van der Waals surface area contributed by atoms with Crippen LogP contribution in [0.2, 0.25) is 0 Å². The minimum absolute atomic E-state index is 0.0147. The quantitative estimate of drug-likeness (QED) is 0.574. The van der Waals surface area contributed by atoms with Gasteiger partial charge in [-0.1, -0.05) is 32.9 Å². The van der Waals surface area contributed by atoms with Gasteiger partial charge >= 0.3 is 5.97 Å². The minimum atomic E-state index is -0.708. The first kappa shape index (κ1) is 21.3. The molecule has 0 saturated carbocycles. The van der Waals surface area contributed by atoms with Crippen LogP contribution in [0.25, 0.3) is 0 Å². The molecule has 4 heterocycles. The molecule has 5 nitrogen and oxygen atoms in total. The van der Waals surface area contributed by atoms with Gasteiger partial charge in [0.1, 0.15) is 12.0 Å². The molecule has 0 aromatic heterocycles. The second kappa shape index (κ2) is 8.11. The smallest absolute Gasteiger partial charge is 0.316 e. The summed E-state index contributed by atoms with van der Waals surface area (Å²) in [4.78, 5) is 25.8. The molecule has 156 valence electrons. The molecule has 0 amide bonds. The van der Waals surface area contributed by atoms with E-state index in [-0.39, 0.29) is 23.7 Å². The Labute approximate surface area is 168 Å². The number of rotatable bonds is 2. The number of hydrogen-bond acceptors (Lipinski definition) is 5. The molecule has 0 unspecified atom stereocenters. The van der Waals surface area contributed by atoms with Crippen molar-refractivity contribution in [2.45, 2.75) is 90.1 Å². The molecule has 28 heavy (non-hydrogen) atoms. The number of esters is 1. The van der Waals surface area contributed by atoms with Gasteiger partial charge < -0.3 is 14.6 Å². The van der Waals surface area contributed by atoms with E-state index < -0.39 is 29.7 Å². The molecular weight excluding hydrogens is 356 g/mol. The molecule has 4 aliphatic heterocycles. The van der Waals surface area contributed by atoms with Gasteiger partial charge in [-0.2, -0.15) is 0 Å². The molecule has 4 aliphatic rings. The van der Waals surface area contributed by atoms with Crippen molar-refractivity contribution in [3.63, 3.8) is 0 Å². The number of allylic oxidation sites excluding steroid dienone is 1. The number of carbonyl (C=O) groups is 2. The van der Waals surface area contributed by atoms with Gasteiger partial charge in [0.15, 0.2) is 5.78 Å². The van der Waals surface area contributed by atoms with Crippen LogP contribution in [-0.4, -0.2) is 40.8 Å². The predicted octanol–water partition coefficient (Wildman–Crippen LogP) is 3.74. The van der Waals surface area contributed by atoms with Crippen LogP contribution < -0.4 is 0 Å². The van der Waals surface area contributed by atoms with E-state index in [1.165, 1.54) is 0 Å². The lowest BCUT2D eigenvalue weighted by Gasteiger charge is -2.36. The second-order valence-electron chi connectivity index (χ2n) is 9.23.